The maximum atomic E-state index is 12.3. The fourth-order valence-corrected chi connectivity index (χ4v) is 3.64. The lowest BCUT2D eigenvalue weighted by atomic mass is 10.3. The van der Waals surface area contributed by atoms with Crippen molar-refractivity contribution < 1.29 is 8.42 Å². The highest BCUT2D eigenvalue weighted by atomic mass is 79.9. The molecule has 21 heavy (non-hydrogen) atoms. The second-order valence-corrected chi connectivity index (χ2v) is 7.25. The van der Waals surface area contributed by atoms with E-state index >= 15 is 0 Å². The average molecular weight is 401 g/mol. The van der Waals surface area contributed by atoms with Crippen LogP contribution in [0.25, 0.3) is 0 Å². The van der Waals surface area contributed by atoms with Gasteiger partial charge in [0.2, 0.25) is 10.0 Å². The van der Waals surface area contributed by atoms with Crippen LogP contribution < -0.4 is 14.9 Å². The molecular formula is C13H23BrClN3O2S. The van der Waals surface area contributed by atoms with Crippen molar-refractivity contribution in [2.75, 3.05) is 38.6 Å². The first-order valence-corrected chi connectivity index (χ1v) is 8.83. The molecule has 0 bridgehead atoms. The van der Waals surface area contributed by atoms with Crippen LogP contribution in [0.5, 0.6) is 0 Å². The molecule has 0 saturated carbocycles. The molecule has 0 unspecified atom stereocenters. The lowest BCUT2D eigenvalue weighted by Gasteiger charge is -2.15. The summed E-state index contributed by atoms with van der Waals surface area (Å²) in [7, 11) is 0.256. The summed E-state index contributed by atoms with van der Waals surface area (Å²) in [6, 6.07) is 5.27. The summed E-state index contributed by atoms with van der Waals surface area (Å²) < 4.78 is 27.7. The van der Waals surface area contributed by atoms with Gasteiger partial charge in [0, 0.05) is 37.3 Å². The van der Waals surface area contributed by atoms with Crippen molar-refractivity contribution >= 4 is 44.0 Å². The summed E-state index contributed by atoms with van der Waals surface area (Å²) in [5.41, 5.74) is 0.845. The molecular weight excluding hydrogens is 378 g/mol. The highest BCUT2D eigenvalue weighted by molar-refractivity contribution is 9.10. The first-order chi connectivity index (χ1) is 9.38. The highest BCUT2D eigenvalue weighted by Crippen LogP contribution is 2.26. The largest absolute Gasteiger partial charge is 0.378 e. The van der Waals surface area contributed by atoms with Crippen molar-refractivity contribution in [1.29, 1.82) is 0 Å². The Morgan fingerprint density at radius 1 is 1.19 bits per heavy atom. The molecule has 5 nitrogen and oxygen atoms in total. The number of benzene rings is 1. The van der Waals surface area contributed by atoms with Crippen molar-refractivity contribution in [1.82, 2.24) is 10.0 Å². The molecule has 0 heterocycles. The zero-order valence-corrected chi connectivity index (χ0v) is 15.7. The van der Waals surface area contributed by atoms with E-state index in [1.807, 2.05) is 25.1 Å². The minimum absolute atomic E-state index is 0. The monoisotopic (exact) mass is 399 g/mol. The lowest BCUT2D eigenvalue weighted by Crippen LogP contribution is -2.32. The van der Waals surface area contributed by atoms with E-state index in [1.54, 1.807) is 12.1 Å². The van der Waals surface area contributed by atoms with E-state index in [2.05, 4.69) is 32.9 Å². The van der Waals surface area contributed by atoms with E-state index in [9.17, 15) is 8.42 Å². The Labute approximate surface area is 142 Å². The fourth-order valence-electron chi connectivity index (χ4n) is 1.63. The molecule has 0 atom stereocenters. The molecule has 8 heteroatoms. The maximum Gasteiger partial charge on any atom is 0.241 e. The zero-order valence-electron chi connectivity index (χ0n) is 12.5. The van der Waals surface area contributed by atoms with Gasteiger partial charge < -0.3 is 10.2 Å². The normalized spacial score (nSPS) is 11.0. The van der Waals surface area contributed by atoms with Gasteiger partial charge in [0.25, 0.3) is 0 Å². The molecule has 0 fully saturated rings. The SMILES string of the molecule is CCCNCCNS(=O)(=O)c1cc(N(C)C)ccc1Br.Cl. The minimum Gasteiger partial charge on any atom is -0.378 e. The van der Waals surface area contributed by atoms with Gasteiger partial charge >= 0.3 is 0 Å². The second-order valence-electron chi connectivity index (χ2n) is 4.66. The van der Waals surface area contributed by atoms with Crippen LogP contribution in [0, 0.1) is 0 Å². The fraction of sp³-hybridized carbons (Fsp3) is 0.538. The Morgan fingerprint density at radius 3 is 2.43 bits per heavy atom. The summed E-state index contributed by atoms with van der Waals surface area (Å²) in [6.45, 7) is 3.96. The van der Waals surface area contributed by atoms with Crippen LogP contribution in [0.3, 0.4) is 0 Å². The van der Waals surface area contributed by atoms with Crippen molar-refractivity contribution in [3.05, 3.63) is 22.7 Å². The number of sulfonamides is 1. The van der Waals surface area contributed by atoms with Crippen LogP contribution in [0.1, 0.15) is 13.3 Å². The van der Waals surface area contributed by atoms with Crippen molar-refractivity contribution in [2.45, 2.75) is 18.2 Å². The van der Waals surface area contributed by atoms with Gasteiger partial charge in [-0.1, -0.05) is 6.92 Å². The second kappa shape index (κ2) is 9.63. The summed E-state index contributed by atoms with van der Waals surface area (Å²) in [6.07, 6.45) is 1.03. The van der Waals surface area contributed by atoms with E-state index in [0.717, 1.165) is 18.7 Å². The van der Waals surface area contributed by atoms with E-state index in [4.69, 9.17) is 0 Å². The molecule has 0 aromatic heterocycles. The molecule has 0 saturated heterocycles. The molecule has 0 aliphatic carbocycles. The summed E-state index contributed by atoms with van der Waals surface area (Å²) >= 11 is 3.30. The molecule has 1 aromatic carbocycles. The van der Waals surface area contributed by atoms with E-state index < -0.39 is 10.0 Å². The van der Waals surface area contributed by atoms with Crippen LogP contribution in [0.4, 0.5) is 5.69 Å². The first kappa shape index (κ1) is 20.7. The minimum atomic E-state index is -3.50. The van der Waals surface area contributed by atoms with Gasteiger partial charge in [0.15, 0.2) is 0 Å². The summed E-state index contributed by atoms with van der Waals surface area (Å²) in [5, 5.41) is 3.16. The molecule has 122 valence electrons. The Bertz CT molecular complexity index is 538. The van der Waals surface area contributed by atoms with Gasteiger partial charge in [0.1, 0.15) is 0 Å². The number of hydrogen-bond acceptors (Lipinski definition) is 4. The maximum absolute atomic E-state index is 12.3. The third-order valence-corrected chi connectivity index (χ3v) is 5.20. The smallest absolute Gasteiger partial charge is 0.241 e. The number of nitrogens with zero attached hydrogens (tertiary/aromatic N) is 1. The highest BCUT2D eigenvalue weighted by Gasteiger charge is 2.18. The Balaban J connectivity index is 0.00000400. The number of anilines is 1. The molecule has 1 aromatic rings. The standard InChI is InChI=1S/C13H22BrN3O2S.ClH/c1-4-7-15-8-9-16-20(18,19)13-10-11(17(2)3)5-6-12(13)14;/h5-6,10,15-16H,4,7-9H2,1-3H3;1H. The van der Waals surface area contributed by atoms with Crippen LogP contribution in [0.2, 0.25) is 0 Å². The zero-order chi connectivity index (χ0) is 15.2. The van der Waals surface area contributed by atoms with E-state index in [-0.39, 0.29) is 17.3 Å². The van der Waals surface area contributed by atoms with Gasteiger partial charge in [-0.15, -0.1) is 12.4 Å². The number of nitrogens with one attached hydrogen (secondary N) is 2. The predicted molar refractivity (Wildman–Crippen MR) is 94.1 cm³/mol. The quantitative estimate of drug-likeness (QED) is 0.657. The number of halogens is 2. The molecule has 0 amide bonds. The molecule has 0 spiro atoms. The third kappa shape index (κ3) is 6.52. The predicted octanol–water partition coefficient (Wildman–Crippen LogP) is 2.21. The summed E-state index contributed by atoms with van der Waals surface area (Å²) in [5.74, 6) is 0. The van der Waals surface area contributed by atoms with Crippen LogP contribution in [-0.4, -0.2) is 42.1 Å². The lowest BCUT2D eigenvalue weighted by molar-refractivity contribution is 0.575. The van der Waals surface area contributed by atoms with Crippen molar-refractivity contribution in [2.24, 2.45) is 0 Å². The van der Waals surface area contributed by atoms with Gasteiger partial charge in [-0.25, -0.2) is 13.1 Å². The Morgan fingerprint density at radius 2 is 1.86 bits per heavy atom. The van der Waals surface area contributed by atoms with Gasteiger partial charge in [-0.2, -0.15) is 0 Å². The molecule has 2 N–H and O–H groups in total. The molecule has 1 rings (SSSR count). The average Bonchev–Trinajstić information content (AvgIpc) is 2.38. The van der Waals surface area contributed by atoms with Crippen LogP contribution in [-0.2, 0) is 10.0 Å². The van der Waals surface area contributed by atoms with Gasteiger partial charge in [0.05, 0.1) is 4.90 Å². The molecule has 0 aliphatic heterocycles. The topological polar surface area (TPSA) is 61.4 Å². The molecule has 0 radical (unpaired) electrons. The third-order valence-electron chi connectivity index (χ3n) is 2.74. The first-order valence-electron chi connectivity index (χ1n) is 6.55. The van der Waals surface area contributed by atoms with E-state index in [1.165, 1.54) is 0 Å². The number of hydrogen-bond donors (Lipinski definition) is 2. The molecule has 0 aliphatic rings. The van der Waals surface area contributed by atoms with Crippen molar-refractivity contribution in [3.63, 3.8) is 0 Å². The van der Waals surface area contributed by atoms with Crippen LogP contribution in [0.15, 0.2) is 27.6 Å². The Hall–Kier alpha value is -0.340. The van der Waals surface area contributed by atoms with Gasteiger partial charge in [-0.05, 0) is 47.1 Å². The number of rotatable bonds is 8. The van der Waals surface area contributed by atoms with Crippen molar-refractivity contribution in [3.8, 4) is 0 Å². The van der Waals surface area contributed by atoms with Gasteiger partial charge in [-0.3, -0.25) is 0 Å². The van der Waals surface area contributed by atoms with E-state index in [0.29, 0.717) is 17.6 Å². The van der Waals surface area contributed by atoms with Crippen LogP contribution >= 0.6 is 28.3 Å². The summed E-state index contributed by atoms with van der Waals surface area (Å²) in [4.78, 5) is 2.13. The Kier molecular flexibility index (Phi) is 9.48.